The number of hydrogen-bond acceptors (Lipinski definition) is 5. The number of esters is 1. The van der Waals surface area contributed by atoms with Crippen molar-refractivity contribution in [3.63, 3.8) is 0 Å². The van der Waals surface area contributed by atoms with Gasteiger partial charge in [-0.15, -0.1) is 6.58 Å². The van der Waals surface area contributed by atoms with Crippen molar-refractivity contribution in [2.75, 3.05) is 45.9 Å². The predicted molar refractivity (Wildman–Crippen MR) is 149 cm³/mol. The fourth-order valence-corrected chi connectivity index (χ4v) is 4.92. The van der Waals surface area contributed by atoms with E-state index in [1.54, 1.807) is 17.9 Å². The van der Waals surface area contributed by atoms with E-state index in [0.29, 0.717) is 56.3 Å². The molecule has 2 aliphatic rings. The molecule has 2 aliphatic heterocycles. The van der Waals surface area contributed by atoms with Gasteiger partial charge in [0.2, 0.25) is 5.91 Å². The van der Waals surface area contributed by atoms with Crippen LogP contribution in [0.5, 0.6) is 0 Å². The van der Waals surface area contributed by atoms with Gasteiger partial charge in [-0.05, 0) is 29.4 Å². The molecule has 0 spiro atoms. The van der Waals surface area contributed by atoms with Gasteiger partial charge in [0.25, 0.3) is 0 Å². The Hall–Kier alpha value is -3.13. The van der Waals surface area contributed by atoms with Crippen molar-refractivity contribution in [1.82, 2.24) is 20.0 Å². The van der Waals surface area contributed by atoms with Gasteiger partial charge in [0.05, 0.1) is 18.2 Å². The maximum absolute atomic E-state index is 13.4. The molecular weight excluding hydrogens is 480 g/mol. The Morgan fingerprint density at radius 2 is 1.76 bits per heavy atom. The quantitative estimate of drug-likeness (QED) is 0.386. The summed E-state index contributed by atoms with van der Waals surface area (Å²) in [5.74, 6) is 0.0582. The molecule has 8 heteroatoms. The van der Waals surface area contributed by atoms with Crippen LogP contribution in [0.3, 0.4) is 0 Å². The summed E-state index contributed by atoms with van der Waals surface area (Å²) in [5.41, 5.74) is 3.05. The first kappa shape index (κ1) is 29.4. The Bertz CT molecular complexity index is 1050. The number of urea groups is 1. The number of nitrogens with one attached hydrogen (secondary N) is 1. The molecule has 8 nitrogen and oxygen atoms in total. The Balaban J connectivity index is 1.96. The van der Waals surface area contributed by atoms with Gasteiger partial charge >= 0.3 is 12.0 Å². The van der Waals surface area contributed by atoms with Gasteiger partial charge in [0, 0.05) is 51.4 Å². The van der Waals surface area contributed by atoms with E-state index in [2.05, 4.69) is 37.6 Å². The van der Waals surface area contributed by atoms with Crippen molar-refractivity contribution in [3.05, 3.63) is 59.3 Å². The van der Waals surface area contributed by atoms with Crippen molar-refractivity contribution in [3.8, 4) is 0 Å². The molecule has 0 bridgehead atoms. The molecule has 208 valence electrons. The normalized spacial score (nSPS) is 19.0. The van der Waals surface area contributed by atoms with Crippen molar-refractivity contribution in [1.29, 1.82) is 0 Å². The third-order valence-electron chi connectivity index (χ3n) is 7.04. The summed E-state index contributed by atoms with van der Waals surface area (Å²) >= 11 is 0. The minimum atomic E-state index is -0.624. The molecule has 2 heterocycles. The second-order valence-corrected chi connectivity index (χ2v) is 11.5. The number of ether oxygens (including phenoxy) is 1. The highest BCUT2D eigenvalue weighted by molar-refractivity contribution is 5.95. The lowest BCUT2D eigenvalue weighted by molar-refractivity contribution is -0.139. The average Bonchev–Trinajstić information content (AvgIpc) is 2.85. The van der Waals surface area contributed by atoms with Crippen molar-refractivity contribution in [2.45, 2.75) is 59.4 Å². The van der Waals surface area contributed by atoms with Gasteiger partial charge in [-0.2, -0.15) is 0 Å². The second kappa shape index (κ2) is 12.6. The number of carbonyl (C=O) groups is 3. The molecule has 0 aliphatic carbocycles. The van der Waals surface area contributed by atoms with E-state index in [0.717, 1.165) is 5.56 Å². The lowest BCUT2D eigenvalue weighted by atomic mass is 9.85. The fourth-order valence-electron chi connectivity index (χ4n) is 4.92. The van der Waals surface area contributed by atoms with Crippen LogP contribution in [-0.2, 0) is 19.7 Å². The highest BCUT2D eigenvalue weighted by Crippen LogP contribution is 2.33. The summed E-state index contributed by atoms with van der Waals surface area (Å²) in [6.45, 7) is 19.6. The summed E-state index contributed by atoms with van der Waals surface area (Å²) < 4.78 is 5.51. The molecular formula is C30H44N4O4. The smallest absolute Gasteiger partial charge is 0.338 e. The van der Waals surface area contributed by atoms with Crippen LogP contribution < -0.4 is 5.32 Å². The van der Waals surface area contributed by atoms with Crippen LogP contribution in [0.1, 0.15) is 65.1 Å². The molecule has 0 saturated carbocycles. The molecule has 1 aromatic carbocycles. The van der Waals surface area contributed by atoms with Crippen molar-refractivity contribution in [2.24, 2.45) is 5.92 Å². The first-order chi connectivity index (χ1) is 18.0. The summed E-state index contributed by atoms with van der Waals surface area (Å²) in [4.78, 5) is 45.0. The van der Waals surface area contributed by atoms with Gasteiger partial charge in [-0.1, -0.05) is 65.0 Å². The Morgan fingerprint density at radius 3 is 2.29 bits per heavy atom. The van der Waals surface area contributed by atoms with E-state index in [4.69, 9.17) is 4.74 Å². The number of hydrogen-bond donors (Lipinski definition) is 1. The minimum Gasteiger partial charge on any atom is -0.463 e. The van der Waals surface area contributed by atoms with Crippen LogP contribution >= 0.6 is 0 Å². The molecule has 1 N–H and O–H groups in total. The Labute approximate surface area is 227 Å². The van der Waals surface area contributed by atoms with Gasteiger partial charge in [0.15, 0.2) is 0 Å². The molecule has 0 aromatic heterocycles. The van der Waals surface area contributed by atoms with E-state index >= 15 is 0 Å². The molecule has 0 radical (unpaired) electrons. The van der Waals surface area contributed by atoms with Gasteiger partial charge in [-0.25, -0.2) is 9.59 Å². The van der Waals surface area contributed by atoms with E-state index in [9.17, 15) is 14.4 Å². The number of carbonyl (C=O) groups excluding carboxylic acids is 3. The molecule has 3 amide bonds. The molecule has 1 aromatic rings. The maximum Gasteiger partial charge on any atom is 0.338 e. The third kappa shape index (κ3) is 7.04. The number of amides is 3. The Kier molecular flexibility index (Phi) is 9.77. The van der Waals surface area contributed by atoms with Gasteiger partial charge < -0.3 is 15.0 Å². The number of piperazine rings is 1. The first-order valence-electron chi connectivity index (χ1n) is 13.7. The topological polar surface area (TPSA) is 82.2 Å². The zero-order valence-electron chi connectivity index (χ0n) is 23.9. The number of rotatable bonds is 9. The van der Waals surface area contributed by atoms with Gasteiger partial charge in [0.1, 0.15) is 0 Å². The Morgan fingerprint density at radius 1 is 1.13 bits per heavy atom. The first-order valence-corrected chi connectivity index (χ1v) is 13.7. The maximum atomic E-state index is 13.4. The summed E-state index contributed by atoms with van der Waals surface area (Å²) in [7, 11) is 0. The molecule has 1 fully saturated rings. The monoisotopic (exact) mass is 524 g/mol. The highest BCUT2D eigenvalue weighted by Gasteiger charge is 2.39. The number of nitrogens with zero attached hydrogens (tertiary/aromatic N) is 3. The van der Waals surface area contributed by atoms with Crippen LogP contribution in [0.4, 0.5) is 4.79 Å². The molecule has 3 rings (SSSR count). The van der Waals surface area contributed by atoms with E-state index in [1.807, 2.05) is 43.0 Å². The van der Waals surface area contributed by atoms with Crippen LogP contribution in [0.2, 0.25) is 0 Å². The minimum absolute atomic E-state index is 0.0151. The fraction of sp³-hybridized carbons (Fsp3) is 0.567. The lowest BCUT2D eigenvalue weighted by Crippen LogP contribution is -2.54. The largest absolute Gasteiger partial charge is 0.463 e. The van der Waals surface area contributed by atoms with Gasteiger partial charge in [-0.3, -0.25) is 14.6 Å². The van der Waals surface area contributed by atoms with Crippen molar-refractivity contribution < 1.29 is 19.1 Å². The number of benzene rings is 1. The third-order valence-corrected chi connectivity index (χ3v) is 7.04. The lowest BCUT2D eigenvalue weighted by Gasteiger charge is -2.40. The van der Waals surface area contributed by atoms with E-state index in [1.165, 1.54) is 5.56 Å². The molecule has 38 heavy (non-hydrogen) atoms. The summed E-state index contributed by atoms with van der Waals surface area (Å²) in [5, 5.41) is 3.03. The zero-order chi connectivity index (χ0) is 28.0. The van der Waals surface area contributed by atoms with E-state index < -0.39 is 12.0 Å². The average molecular weight is 525 g/mol. The van der Waals surface area contributed by atoms with Crippen LogP contribution in [0, 0.1) is 5.92 Å². The summed E-state index contributed by atoms with van der Waals surface area (Å²) in [6, 6.07) is 7.15. The molecule has 1 atom stereocenters. The van der Waals surface area contributed by atoms with Crippen LogP contribution in [0.15, 0.2) is 48.2 Å². The van der Waals surface area contributed by atoms with E-state index in [-0.39, 0.29) is 30.5 Å². The summed E-state index contributed by atoms with van der Waals surface area (Å²) in [6.07, 6.45) is 2.20. The SMILES string of the molecule is C=CCN1C(=O)NC(c2ccc(C(C)(C)C)cc2)C(C(=O)OCC)=C1CN1CCN(C(=O)CC(C)C)CC1. The predicted octanol–water partition coefficient (Wildman–Crippen LogP) is 4.24. The zero-order valence-corrected chi connectivity index (χ0v) is 23.9. The van der Waals surface area contributed by atoms with Crippen LogP contribution in [-0.4, -0.2) is 78.5 Å². The highest BCUT2D eigenvalue weighted by atomic mass is 16.5. The second-order valence-electron chi connectivity index (χ2n) is 11.5. The van der Waals surface area contributed by atoms with Crippen LogP contribution in [0.25, 0.3) is 0 Å². The standard InChI is InChI=1S/C30H44N4O4/c1-8-14-34-24(20-32-15-17-33(18-16-32)25(35)19-21(3)4)26(28(36)38-9-2)27(31-29(34)37)22-10-12-23(13-11-22)30(5,6)7/h8,10-13,21,27H,1,9,14-20H2,2-7H3,(H,31,37). The molecule has 1 unspecified atom stereocenters. The molecule has 1 saturated heterocycles. The van der Waals surface area contributed by atoms with Crippen molar-refractivity contribution >= 4 is 17.9 Å².